The van der Waals surface area contributed by atoms with E-state index in [9.17, 15) is 19.4 Å². The van der Waals surface area contributed by atoms with Crippen molar-refractivity contribution >= 4 is 13.7 Å². The second kappa shape index (κ2) is 44.9. The average Bonchev–Trinajstić information content (AvgIpc) is 3.23. The molecule has 0 aromatic carbocycles. The summed E-state index contributed by atoms with van der Waals surface area (Å²) in [7, 11) is 1.56. The van der Waals surface area contributed by atoms with Gasteiger partial charge < -0.3 is 19.8 Å². The van der Waals surface area contributed by atoms with E-state index in [0.29, 0.717) is 17.4 Å². The highest BCUT2D eigenvalue weighted by atomic mass is 31.2. The van der Waals surface area contributed by atoms with Crippen molar-refractivity contribution in [3.8, 4) is 0 Å². The van der Waals surface area contributed by atoms with Gasteiger partial charge in [0.05, 0.1) is 39.9 Å². The smallest absolute Gasteiger partial charge is 0.387 e. The van der Waals surface area contributed by atoms with E-state index in [0.717, 1.165) is 38.5 Å². The topological polar surface area (TPSA) is 105 Å². The van der Waals surface area contributed by atoms with Crippen molar-refractivity contribution in [1.82, 2.24) is 5.32 Å². The van der Waals surface area contributed by atoms with Gasteiger partial charge in [-0.05, 0) is 57.8 Å². The van der Waals surface area contributed by atoms with Gasteiger partial charge in [0.15, 0.2) is 0 Å². The highest BCUT2D eigenvalue weighted by Crippen LogP contribution is 2.43. The number of unbranched alkanes of at least 4 members (excludes halogenated alkanes) is 31. The third-order valence-electron chi connectivity index (χ3n) is 11.8. The van der Waals surface area contributed by atoms with E-state index in [1.54, 1.807) is 6.08 Å². The first kappa shape index (κ1) is 60.7. The molecule has 62 heavy (non-hydrogen) atoms. The van der Waals surface area contributed by atoms with Gasteiger partial charge in [-0.3, -0.25) is 13.8 Å². The van der Waals surface area contributed by atoms with E-state index in [2.05, 4.69) is 43.5 Å². The SMILES string of the molecule is CCCCCCCCC/C=C\CCCCCCCCCC(=O)NC(COP(=O)(O)OCC[N+](C)(C)C)C(O)/C=C/CC/C=C/CCCCCCCCCCCCCCCCCC. The molecule has 0 spiro atoms. The fourth-order valence-corrected chi connectivity index (χ4v) is 8.38. The number of carbonyl (C=O) groups excluding carboxylic acids is 1. The van der Waals surface area contributed by atoms with Crippen LogP contribution in [-0.2, 0) is 18.4 Å². The molecule has 3 N–H and O–H groups in total. The summed E-state index contributed by atoms with van der Waals surface area (Å²) < 4.78 is 23.6. The predicted octanol–water partition coefficient (Wildman–Crippen LogP) is 15.4. The lowest BCUT2D eigenvalue weighted by Crippen LogP contribution is -2.45. The summed E-state index contributed by atoms with van der Waals surface area (Å²) in [5.41, 5.74) is 0. The van der Waals surface area contributed by atoms with E-state index in [-0.39, 0.29) is 19.1 Å². The molecule has 366 valence electrons. The van der Waals surface area contributed by atoms with Crippen molar-refractivity contribution in [3.63, 3.8) is 0 Å². The van der Waals surface area contributed by atoms with Crippen LogP contribution in [0.4, 0.5) is 0 Å². The molecule has 1 amide bonds. The number of aliphatic hydroxyl groups is 1. The van der Waals surface area contributed by atoms with E-state index >= 15 is 0 Å². The highest BCUT2D eigenvalue weighted by molar-refractivity contribution is 7.47. The molecule has 3 unspecified atom stereocenters. The van der Waals surface area contributed by atoms with E-state index < -0.39 is 20.0 Å². The van der Waals surface area contributed by atoms with Gasteiger partial charge in [0.25, 0.3) is 0 Å². The van der Waals surface area contributed by atoms with Crippen LogP contribution in [0.15, 0.2) is 36.5 Å². The van der Waals surface area contributed by atoms with Gasteiger partial charge in [-0.25, -0.2) is 4.57 Å². The number of allylic oxidation sites excluding steroid dienone is 5. The fraction of sp³-hybridized carbons (Fsp3) is 0.868. The summed E-state index contributed by atoms with van der Waals surface area (Å²) in [5.74, 6) is -0.190. The van der Waals surface area contributed by atoms with Crippen LogP contribution in [-0.4, -0.2) is 73.4 Å². The summed E-state index contributed by atoms with van der Waals surface area (Å²) in [6.07, 6.45) is 56.6. The summed E-state index contributed by atoms with van der Waals surface area (Å²) in [6, 6.07) is -0.865. The maximum Gasteiger partial charge on any atom is 0.472 e. The molecule has 0 fully saturated rings. The molecule has 0 aliphatic carbocycles. The largest absolute Gasteiger partial charge is 0.472 e. The number of amides is 1. The molecule has 0 saturated heterocycles. The summed E-state index contributed by atoms with van der Waals surface area (Å²) >= 11 is 0. The predicted molar refractivity (Wildman–Crippen MR) is 268 cm³/mol. The number of nitrogens with zero attached hydrogens (tertiary/aromatic N) is 1. The molecule has 0 saturated carbocycles. The Balaban J connectivity index is 4.34. The van der Waals surface area contributed by atoms with Gasteiger partial charge in [0.1, 0.15) is 13.2 Å². The van der Waals surface area contributed by atoms with Crippen LogP contribution in [0, 0.1) is 0 Å². The van der Waals surface area contributed by atoms with Crippen molar-refractivity contribution in [2.45, 2.75) is 257 Å². The minimum absolute atomic E-state index is 0.0557. The molecular formula is C53H104N2O6P+. The molecule has 8 nitrogen and oxygen atoms in total. The second-order valence-electron chi connectivity index (χ2n) is 19.2. The Morgan fingerprint density at radius 3 is 1.29 bits per heavy atom. The number of carbonyl (C=O) groups is 1. The lowest BCUT2D eigenvalue weighted by atomic mass is 10.0. The summed E-state index contributed by atoms with van der Waals surface area (Å²) in [4.78, 5) is 23.2. The van der Waals surface area contributed by atoms with Crippen molar-refractivity contribution in [2.24, 2.45) is 0 Å². The molecule has 0 bridgehead atoms. The summed E-state index contributed by atoms with van der Waals surface area (Å²) in [5, 5.41) is 13.9. The fourth-order valence-electron chi connectivity index (χ4n) is 7.64. The minimum Gasteiger partial charge on any atom is -0.387 e. The lowest BCUT2D eigenvalue weighted by Gasteiger charge is -2.25. The third kappa shape index (κ3) is 46.7. The number of nitrogens with one attached hydrogen (secondary N) is 1. The van der Waals surface area contributed by atoms with Gasteiger partial charge in [-0.2, -0.15) is 0 Å². The number of phosphoric ester groups is 1. The number of hydrogen-bond acceptors (Lipinski definition) is 5. The van der Waals surface area contributed by atoms with Crippen LogP contribution < -0.4 is 5.32 Å². The molecule has 0 aromatic rings. The monoisotopic (exact) mass is 896 g/mol. The number of likely N-dealkylation sites (N-methyl/N-ethyl adjacent to an activating group) is 1. The molecule has 3 atom stereocenters. The molecular weight excluding hydrogens is 792 g/mol. The molecule has 0 aliphatic rings. The third-order valence-corrected chi connectivity index (χ3v) is 12.8. The van der Waals surface area contributed by atoms with Crippen LogP contribution in [0.2, 0.25) is 0 Å². The quantitative estimate of drug-likeness (QED) is 0.0243. The highest BCUT2D eigenvalue weighted by Gasteiger charge is 2.27. The maximum absolute atomic E-state index is 12.9. The first-order chi connectivity index (χ1) is 30.0. The Labute approximate surface area is 385 Å². The Hall–Kier alpha value is -1.28. The van der Waals surface area contributed by atoms with Crippen LogP contribution >= 0.6 is 7.82 Å². The summed E-state index contributed by atoms with van der Waals surface area (Å²) in [6.45, 7) is 4.81. The van der Waals surface area contributed by atoms with Crippen molar-refractivity contribution in [2.75, 3.05) is 40.9 Å². The van der Waals surface area contributed by atoms with Crippen LogP contribution in [0.1, 0.15) is 245 Å². The zero-order valence-electron chi connectivity index (χ0n) is 41.6. The van der Waals surface area contributed by atoms with Gasteiger partial charge >= 0.3 is 7.82 Å². The lowest BCUT2D eigenvalue weighted by molar-refractivity contribution is -0.870. The number of quaternary nitrogens is 1. The zero-order chi connectivity index (χ0) is 45.7. The normalized spacial score (nSPS) is 14.4. The van der Waals surface area contributed by atoms with Crippen LogP contribution in [0.25, 0.3) is 0 Å². The molecule has 0 rings (SSSR count). The standard InChI is InChI=1S/C53H103N2O6P/c1-6-8-10-12-14-16-18-20-22-24-26-27-28-29-30-32-34-36-38-40-42-44-46-52(56)51(50-61-62(58,59)60-49-48-55(3,4)5)54-53(57)47-45-43-41-39-37-35-33-31-25-23-21-19-17-15-13-11-9-7-2/h23,25,36,38,44,46,51-52,56H,6-22,24,26-35,37,39-43,45,47-50H2,1-5H3,(H-,54,57,58,59)/p+1/b25-23-,38-36+,46-44+. The Morgan fingerprint density at radius 2 is 0.887 bits per heavy atom. The number of phosphoric acid groups is 1. The van der Waals surface area contributed by atoms with E-state index in [4.69, 9.17) is 9.05 Å². The number of aliphatic hydroxyl groups excluding tert-OH is 1. The first-order valence-corrected chi connectivity index (χ1v) is 27.9. The van der Waals surface area contributed by atoms with E-state index in [1.165, 1.54) is 186 Å². The molecule has 0 aromatic heterocycles. The first-order valence-electron chi connectivity index (χ1n) is 26.4. The average molecular weight is 896 g/mol. The Kier molecular flexibility index (Phi) is 44.0. The molecule has 0 aliphatic heterocycles. The molecule has 0 heterocycles. The van der Waals surface area contributed by atoms with Crippen LogP contribution in [0.5, 0.6) is 0 Å². The number of hydrogen-bond donors (Lipinski definition) is 3. The Bertz CT molecular complexity index is 1110. The van der Waals surface area contributed by atoms with E-state index in [1.807, 2.05) is 27.2 Å². The van der Waals surface area contributed by atoms with Crippen molar-refractivity contribution < 1.29 is 32.9 Å². The zero-order valence-corrected chi connectivity index (χ0v) is 42.5. The maximum atomic E-state index is 12.9. The van der Waals surface area contributed by atoms with Gasteiger partial charge in [0, 0.05) is 6.42 Å². The van der Waals surface area contributed by atoms with Crippen molar-refractivity contribution in [1.29, 1.82) is 0 Å². The van der Waals surface area contributed by atoms with Gasteiger partial charge in [0.2, 0.25) is 5.91 Å². The van der Waals surface area contributed by atoms with Gasteiger partial charge in [-0.1, -0.05) is 217 Å². The van der Waals surface area contributed by atoms with Crippen molar-refractivity contribution in [3.05, 3.63) is 36.5 Å². The number of rotatable bonds is 48. The molecule has 0 radical (unpaired) electrons. The minimum atomic E-state index is -4.35. The van der Waals surface area contributed by atoms with Gasteiger partial charge in [-0.15, -0.1) is 0 Å². The second-order valence-corrected chi connectivity index (χ2v) is 20.7. The Morgan fingerprint density at radius 1 is 0.532 bits per heavy atom. The molecule has 9 heteroatoms. The van der Waals surface area contributed by atoms with Crippen LogP contribution in [0.3, 0.4) is 0 Å².